The monoisotopic (exact) mass is 403 g/mol. The molecule has 3 aromatic rings. The fourth-order valence-electron chi connectivity index (χ4n) is 2.13. The van der Waals surface area contributed by atoms with Crippen molar-refractivity contribution in [3.05, 3.63) is 60.2 Å². The predicted octanol–water partition coefficient (Wildman–Crippen LogP) is 5.21. The third-order valence-electron chi connectivity index (χ3n) is 3.47. The lowest BCUT2D eigenvalue weighted by Crippen LogP contribution is -2.29. The molecule has 0 spiro atoms. The van der Waals surface area contributed by atoms with Gasteiger partial charge in [-0.1, -0.05) is 11.8 Å². The van der Waals surface area contributed by atoms with Gasteiger partial charge in [-0.3, -0.25) is 0 Å². The summed E-state index contributed by atoms with van der Waals surface area (Å²) in [5.74, 6) is -6.21. The van der Waals surface area contributed by atoms with Crippen LogP contribution >= 0.6 is 11.8 Å². The summed E-state index contributed by atoms with van der Waals surface area (Å²) in [6.07, 6.45) is -3.80. The van der Waals surface area contributed by atoms with Crippen molar-refractivity contribution < 1.29 is 26.3 Å². The maximum Gasteiger partial charge on any atom is 0.316 e. The predicted molar refractivity (Wildman–Crippen MR) is 88.4 cm³/mol. The van der Waals surface area contributed by atoms with E-state index in [1.54, 1.807) is 0 Å². The molecule has 2 aromatic carbocycles. The van der Waals surface area contributed by atoms with E-state index in [1.807, 2.05) is 0 Å². The minimum atomic E-state index is -4.19. The van der Waals surface area contributed by atoms with Gasteiger partial charge in [0.05, 0.1) is 11.4 Å². The summed E-state index contributed by atoms with van der Waals surface area (Å²) in [6.45, 7) is 0. The van der Waals surface area contributed by atoms with E-state index in [2.05, 4.69) is 10.1 Å². The molecule has 0 fully saturated rings. The Hall–Kier alpha value is -2.49. The second-order valence-corrected chi connectivity index (χ2v) is 6.41. The Kier molecular flexibility index (Phi) is 5.45. The average molecular weight is 403 g/mol. The van der Waals surface area contributed by atoms with Crippen LogP contribution in [0.25, 0.3) is 17.1 Å². The molecule has 142 valence electrons. The van der Waals surface area contributed by atoms with Gasteiger partial charge in [0.15, 0.2) is 5.82 Å². The molecule has 1 aromatic heterocycles. The molecule has 0 aliphatic carbocycles. The molecule has 0 saturated heterocycles. The molecule has 0 amide bonds. The van der Waals surface area contributed by atoms with E-state index in [0.717, 1.165) is 0 Å². The molecule has 0 unspecified atom stereocenters. The van der Waals surface area contributed by atoms with E-state index in [4.69, 9.17) is 0 Å². The SMILES string of the molecule is Fc1ccc(-c2nc(SCC(F)(F)C(F)F)nn2-c2ccc(F)cc2)cc1. The lowest BCUT2D eigenvalue weighted by atomic mass is 10.2. The Morgan fingerprint density at radius 1 is 0.926 bits per heavy atom. The van der Waals surface area contributed by atoms with Crippen molar-refractivity contribution in [3.63, 3.8) is 0 Å². The van der Waals surface area contributed by atoms with E-state index < -0.39 is 29.7 Å². The molecule has 0 bridgehead atoms. The van der Waals surface area contributed by atoms with E-state index in [1.165, 1.54) is 53.2 Å². The number of alkyl halides is 4. The Labute approximate surface area is 154 Å². The largest absolute Gasteiger partial charge is 0.316 e. The van der Waals surface area contributed by atoms with Gasteiger partial charge in [0.1, 0.15) is 11.6 Å². The summed E-state index contributed by atoms with van der Waals surface area (Å²) in [7, 11) is 0. The van der Waals surface area contributed by atoms with Gasteiger partial charge in [-0.15, -0.1) is 5.10 Å². The zero-order valence-corrected chi connectivity index (χ0v) is 14.2. The Balaban J connectivity index is 1.98. The molecule has 0 aliphatic rings. The molecule has 0 N–H and O–H groups in total. The highest BCUT2D eigenvalue weighted by Crippen LogP contribution is 2.31. The number of hydrogen-bond acceptors (Lipinski definition) is 3. The third kappa shape index (κ3) is 4.44. The average Bonchev–Trinajstić information content (AvgIpc) is 3.05. The van der Waals surface area contributed by atoms with Crippen LogP contribution in [0.1, 0.15) is 0 Å². The van der Waals surface area contributed by atoms with Gasteiger partial charge in [-0.2, -0.15) is 8.78 Å². The normalized spacial score (nSPS) is 12.0. The van der Waals surface area contributed by atoms with Crippen LogP contribution in [0.15, 0.2) is 53.7 Å². The van der Waals surface area contributed by atoms with Crippen molar-refractivity contribution in [2.24, 2.45) is 0 Å². The molecule has 0 atom stereocenters. The van der Waals surface area contributed by atoms with Crippen LogP contribution in [-0.2, 0) is 0 Å². The molecule has 3 nitrogen and oxygen atoms in total. The van der Waals surface area contributed by atoms with Gasteiger partial charge in [-0.05, 0) is 48.5 Å². The summed E-state index contributed by atoms with van der Waals surface area (Å²) < 4.78 is 78.5. The van der Waals surface area contributed by atoms with Gasteiger partial charge in [0, 0.05) is 5.56 Å². The molecule has 10 heteroatoms. The number of rotatable bonds is 6. The first-order valence-electron chi connectivity index (χ1n) is 7.54. The second-order valence-electron chi connectivity index (χ2n) is 5.46. The van der Waals surface area contributed by atoms with Crippen LogP contribution in [0.5, 0.6) is 0 Å². The van der Waals surface area contributed by atoms with Crippen molar-refractivity contribution in [1.29, 1.82) is 0 Å². The Morgan fingerprint density at radius 3 is 2.04 bits per heavy atom. The van der Waals surface area contributed by atoms with E-state index in [9.17, 15) is 26.3 Å². The van der Waals surface area contributed by atoms with Crippen LogP contribution in [0.3, 0.4) is 0 Å². The molecule has 0 radical (unpaired) electrons. The summed E-state index contributed by atoms with van der Waals surface area (Å²) in [4.78, 5) is 4.09. The minimum Gasteiger partial charge on any atom is -0.212 e. The maximum absolute atomic E-state index is 13.2. The summed E-state index contributed by atoms with van der Waals surface area (Å²) >= 11 is 0.365. The number of halogens is 6. The molecule has 27 heavy (non-hydrogen) atoms. The van der Waals surface area contributed by atoms with Gasteiger partial charge >= 0.3 is 12.3 Å². The van der Waals surface area contributed by atoms with Crippen LogP contribution in [0.2, 0.25) is 0 Å². The zero-order valence-electron chi connectivity index (χ0n) is 13.4. The fourth-order valence-corrected chi connectivity index (χ4v) is 2.86. The van der Waals surface area contributed by atoms with Crippen LogP contribution in [0.4, 0.5) is 26.3 Å². The van der Waals surface area contributed by atoms with Gasteiger partial charge in [-0.25, -0.2) is 27.2 Å². The Bertz CT molecular complexity index is 846. The van der Waals surface area contributed by atoms with Crippen LogP contribution in [0, 0.1) is 11.6 Å². The molecule has 0 saturated carbocycles. The van der Waals surface area contributed by atoms with E-state index in [-0.39, 0.29) is 11.0 Å². The number of hydrogen-bond donors (Lipinski definition) is 0. The lowest BCUT2D eigenvalue weighted by molar-refractivity contribution is -0.110. The number of aromatic nitrogens is 3. The fraction of sp³-hybridized carbons (Fsp3) is 0.176. The van der Waals surface area contributed by atoms with E-state index in [0.29, 0.717) is 23.0 Å². The lowest BCUT2D eigenvalue weighted by Gasteiger charge is -2.12. The van der Waals surface area contributed by atoms with Crippen molar-refractivity contribution >= 4 is 11.8 Å². The van der Waals surface area contributed by atoms with Crippen LogP contribution in [-0.4, -0.2) is 32.9 Å². The topological polar surface area (TPSA) is 30.7 Å². The first kappa shape index (κ1) is 19.3. The summed E-state index contributed by atoms with van der Waals surface area (Å²) in [5, 5.41) is 3.88. The highest BCUT2D eigenvalue weighted by molar-refractivity contribution is 7.99. The molecule has 0 aliphatic heterocycles. The van der Waals surface area contributed by atoms with Gasteiger partial charge in [0.25, 0.3) is 0 Å². The highest BCUT2D eigenvalue weighted by atomic mass is 32.2. The molecular weight excluding hydrogens is 392 g/mol. The highest BCUT2D eigenvalue weighted by Gasteiger charge is 2.41. The first-order valence-corrected chi connectivity index (χ1v) is 8.52. The molecular formula is C17H11F6N3S. The molecule has 3 rings (SSSR count). The second kappa shape index (κ2) is 7.63. The van der Waals surface area contributed by atoms with Crippen molar-refractivity contribution in [1.82, 2.24) is 14.8 Å². The zero-order chi connectivity index (χ0) is 19.6. The van der Waals surface area contributed by atoms with Gasteiger partial charge in [0.2, 0.25) is 5.16 Å². The first-order chi connectivity index (χ1) is 12.8. The minimum absolute atomic E-state index is 0.168. The number of nitrogens with zero attached hydrogens (tertiary/aromatic N) is 3. The maximum atomic E-state index is 13.2. The number of thioether (sulfide) groups is 1. The summed E-state index contributed by atoms with van der Waals surface area (Å²) in [6, 6.07) is 10.3. The van der Waals surface area contributed by atoms with E-state index >= 15 is 0 Å². The number of benzene rings is 2. The van der Waals surface area contributed by atoms with Crippen molar-refractivity contribution in [2.45, 2.75) is 17.5 Å². The van der Waals surface area contributed by atoms with Crippen molar-refractivity contribution in [2.75, 3.05) is 5.75 Å². The standard InChI is InChI=1S/C17H11F6N3S/c18-11-3-1-10(2-4-11)14-24-16(27-9-17(22,23)15(20)21)25-26(14)13-7-5-12(19)6-8-13/h1-8,15H,9H2. The third-order valence-corrected chi connectivity index (χ3v) is 4.43. The Morgan fingerprint density at radius 2 is 1.48 bits per heavy atom. The van der Waals surface area contributed by atoms with Crippen LogP contribution < -0.4 is 0 Å². The van der Waals surface area contributed by atoms with Gasteiger partial charge < -0.3 is 0 Å². The molecule has 1 heterocycles. The quantitative estimate of drug-likeness (QED) is 0.419. The van der Waals surface area contributed by atoms with Crippen molar-refractivity contribution in [3.8, 4) is 17.1 Å². The smallest absolute Gasteiger partial charge is 0.212 e. The summed E-state index contributed by atoms with van der Waals surface area (Å²) in [5.41, 5.74) is 0.788.